The van der Waals surface area contributed by atoms with E-state index in [0.29, 0.717) is 33.9 Å². The van der Waals surface area contributed by atoms with Gasteiger partial charge in [0.25, 0.3) is 0 Å². The van der Waals surface area contributed by atoms with Gasteiger partial charge in [0.2, 0.25) is 5.75 Å². The molecule has 0 radical (unpaired) electrons. The summed E-state index contributed by atoms with van der Waals surface area (Å²) < 4.78 is 20.9. The van der Waals surface area contributed by atoms with E-state index in [-0.39, 0.29) is 17.2 Å². The van der Waals surface area contributed by atoms with Gasteiger partial charge < -0.3 is 18.9 Å². The summed E-state index contributed by atoms with van der Waals surface area (Å²) in [6.07, 6.45) is 1.62. The molecule has 8 heteroatoms. The van der Waals surface area contributed by atoms with Crippen LogP contribution in [0.15, 0.2) is 35.9 Å². The van der Waals surface area contributed by atoms with Gasteiger partial charge >= 0.3 is 5.69 Å². The van der Waals surface area contributed by atoms with Gasteiger partial charge in [0.05, 0.1) is 33.4 Å². The molecule has 0 N–H and O–H groups in total. The van der Waals surface area contributed by atoms with Crippen molar-refractivity contribution >= 4 is 17.5 Å². The number of nitro benzene ring substituents is 1. The summed E-state index contributed by atoms with van der Waals surface area (Å²) in [6, 6.07) is 7.52. The van der Waals surface area contributed by atoms with Crippen molar-refractivity contribution in [1.29, 1.82) is 0 Å². The Hall–Kier alpha value is -3.55. The van der Waals surface area contributed by atoms with E-state index in [2.05, 4.69) is 0 Å². The first-order valence-corrected chi connectivity index (χ1v) is 8.21. The minimum absolute atomic E-state index is 0.117. The molecule has 0 saturated heterocycles. The Kier molecular flexibility index (Phi) is 6.59. The minimum atomic E-state index is -0.528. The lowest BCUT2D eigenvalue weighted by Crippen LogP contribution is -2.04. The number of hydrogen-bond donors (Lipinski definition) is 0. The number of benzene rings is 2. The van der Waals surface area contributed by atoms with Crippen molar-refractivity contribution in [1.82, 2.24) is 0 Å². The Morgan fingerprint density at radius 3 is 1.96 bits per heavy atom. The van der Waals surface area contributed by atoms with Gasteiger partial charge in [-0.3, -0.25) is 14.9 Å². The maximum absolute atomic E-state index is 12.9. The molecule has 2 aromatic rings. The number of carbonyl (C=O) groups excluding carboxylic acids is 1. The van der Waals surface area contributed by atoms with Crippen LogP contribution >= 0.6 is 0 Å². The molecule has 0 aliphatic carbocycles. The highest BCUT2D eigenvalue weighted by molar-refractivity contribution is 6.11. The van der Waals surface area contributed by atoms with Gasteiger partial charge in [-0.15, -0.1) is 0 Å². The van der Waals surface area contributed by atoms with Gasteiger partial charge in [0, 0.05) is 11.6 Å². The second-order valence-corrected chi connectivity index (χ2v) is 5.76. The van der Waals surface area contributed by atoms with Gasteiger partial charge in [-0.05, 0) is 48.4 Å². The molecule has 0 bridgehead atoms. The molecule has 0 unspecified atom stereocenters. The third-order valence-electron chi connectivity index (χ3n) is 4.07. The molecule has 0 amide bonds. The Labute approximate surface area is 162 Å². The van der Waals surface area contributed by atoms with Crippen molar-refractivity contribution < 1.29 is 28.7 Å². The lowest BCUT2D eigenvalue weighted by molar-refractivity contribution is -0.385. The molecule has 2 rings (SSSR count). The van der Waals surface area contributed by atoms with Crippen LogP contribution in [0.1, 0.15) is 22.8 Å². The van der Waals surface area contributed by atoms with Gasteiger partial charge in [0.1, 0.15) is 0 Å². The van der Waals surface area contributed by atoms with Crippen LogP contribution in [0.4, 0.5) is 5.69 Å². The summed E-state index contributed by atoms with van der Waals surface area (Å²) in [6.45, 7) is 1.65. The number of Topliss-reactive ketones (excluding diaryl/α,β-unsaturated/α-hetero) is 1. The molecule has 0 atom stereocenters. The van der Waals surface area contributed by atoms with Crippen LogP contribution in [-0.2, 0) is 0 Å². The minimum Gasteiger partial charge on any atom is -0.493 e. The predicted molar refractivity (Wildman–Crippen MR) is 104 cm³/mol. The van der Waals surface area contributed by atoms with Crippen molar-refractivity contribution in [2.45, 2.75) is 6.92 Å². The van der Waals surface area contributed by atoms with Gasteiger partial charge in [-0.2, -0.15) is 0 Å². The molecule has 0 aliphatic heterocycles. The topological polar surface area (TPSA) is 97.1 Å². The fourth-order valence-corrected chi connectivity index (χ4v) is 2.69. The number of nitrogens with zero attached hydrogens (tertiary/aromatic N) is 1. The third-order valence-corrected chi connectivity index (χ3v) is 4.07. The number of carbonyl (C=O) groups is 1. The van der Waals surface area contributed by atoms with E-state index in [1.54, 1.807) is 31.2 Å². The molecule has 0 heterocycles. The standard InChI is InChI=1S/C20H21NO7/c1-12(8-13-6-7-15(21(23)24)16(9-13)25-2)19(22)14-10-17(26-3)20(28-5)18(11-14)27-4/h6-11H,1-5H3. The van der Waals surface area contributed by atoms with Crippen molar-refractivity contribution in [2.24, 2.45) is 0 Å². The molecular weight excluding hydrogens is 366 g/mol. The maximum Gasteiger partial charge on any atom is 0.310 e. The highest BCUT2D eigenvalue weighted by Crippen LogP contribution is 2.38. The lowest BCUT2D eigenvalue weighted by atomic mass is 10.0. The Morgan fingerprint density at radius 1 is 0.929 bits per heavy atom. The zero-order valence-corrected chi connectivity index (χ0v) is 16.3. The first kappa shape index (κ1) is 20.8. The molecule has 0 aromatic heterocycles. The van der Waals surface area contributed by atoms with E-state index in [0.717, 1.165) is 0 Å². The summed E-state index contributed by atoms with van der Waals surface area (Å²) in [7, 11) is 5.77. The van der Waals surface area contributed by atoms with Crippen molar-refractivity contribution in [3.05, 3.63) is 57.1 Å². The van der Waals surface area contributed by atoms with Crippen molar-refractivity contribution in [3.8, 4) is 23.0 Å². The van der Waals surface area contributed by atoms with Crippen molar-refractivity contribution in [2.75, 3.05) is 28.4 Å². The second kappa shape index (κ2) is 8.90. The summed E-state index contributed by atoms with van der Waals surface area (Å²) in [5.41, 5.74) is 1.23. The summed E-state index contributed by atoms with van der Waals surface area (Å²) in [4.78, 5) is 23.3. The largest absolute Gasteiger partial charge is 0.493 e. The van der Waals surface area contributed by atoms with Crippen LogP contribution in [-0.4, -0.2) is 39.1 Å². The molecule has 148 valence electrons. The van der Waals surface area contributed by atoms with Gasteiger partial charge in [-0.25, -0.2) is 0 Å². The van der Waals surface area contributed by atoms with Crippen LogP contribution in [0.2, 0.25) is 0 Å². The highest BCUT2D eigenvalue weighted by Gasteiger charge is 2.19. The van der Waals surface area contributed by atoms with Crippen LogP contribution < -0.4 is 18.9 Å². The maximum atomic E-state index is 12.9. The van der Waals surface area contributed by atoms with Crippen molar-refractivity contribution in [3.63, 3.8) is 0 Å². The van der Waals surface area contributed by atoms with Gasteiger partial charge in [-0.1, -0.05) is 0 Å². The number of rotatable bonds is 8. The average Bonchev–Trinajstić information content (AvgIpc) is 2.71. The number of allylic oxidation sites excluding steroid dienone is 1. The predicted octanol–water partition coefficient (Wildman–Crippen LogP) is 3.92. The van der Waals surface area contributed by atoms with E-state index in [1.807, 2.05) is 0 Å². The monoisotopic (exact) mass is 387 g/mol. The second-order valence-electron chi connectivity index (χ2n) is 5.76. The molecule has 0 spiro atoms. The number of methoxy groups -OCH3 is 4. The Bertz CT molecular complexity index is 909. The number of ketones is 1. The van der Waals surface area contributed by atoms with Crippen LogP contribution in [0, 0.1) is 10.1 Å². The Morgan fingerprint density at radius 2 is 1.50 bits per heavy atom. The smallest absolute Gasteiger partial charge is 0.310 e. The third kappa shape index (κ3) is 4.22. The summed E-state index contributed by atoms with van der Waals surface area (Å²) in [5, 5.41) is 11.0. The van der Waals surface area contributed by atoms with E-state index in [9.17, 15) is 14.9 Å². The van der Waals surface area contributed by atoms with Crippen LogP contribution in [0.5, 0.6) is 23.0 Å². The highest BCUT2D eigenvalue weighted by atomic mass is 16.6. The molecule has 28 heavy (non-hydrogen) atoms. The van der Waals surface area contributed by atoms with E-state index >= 15 is 0 Å². The van der Waals surface area contributed by atoms with Crippen LogP contribution in [0.25, 0.3) is 6.08 Å². The first-order chi connectivity index (χ1) is 13.4. The normalized spacial score (nSPS) is 11.0. The molecule has 0 saturated carbocycles. The summed E-state index contributed by atoms with van der Waals surface area (Å²) in [5.74, 6) is 0.997. The lowest BCUT2D eigenvalue weighted by Gasteiger charge is -2.14. The zero-order chi connectivity index (χ0) is 20.8. The molecular formula is C20H21NO7. The van der Waals surface area contributed by atoms with Crippen LogP contribution in [0.3, 0.4) is 0 Å². The summed E-state index contributed by atoms with van der Waals surface area (Å²) >= 11 is 0. The quantitative estimate of drug-likeness (QED) is 0.293. The number of nitro groups is 1. The zero-order valence-electron chi connectivity index (χ0n) is 16.3. The van der Waals surface area contributed by atoms with E-state index in [1.165, 1.54) is 40.6 Å². The SMILES string of the molecule is COc1cc(C=C(C)C(=O)c2cc(OC)c(OC)c(OC)c2)ccc1[N+](=O)[O-]. The van der Waals surface area contributed by atoms with Gasteiger partial charge in [0.15, 0.2) is 23.0 Å². The molecule has 8 nitrogen and oxygen atoms in total. The van der Waals surface area contributed by atoms with E-state index in [4.69, 9.17) is 18.9 Å². The molecule has 0 fully saturated rings. The average molecular weight is 387 g/mol. The number of ether oxygens (including phenoxy) is 4. The van der Waals surface area contributed by atoms with E-state index < -0.39 is 4.92 Å². The molecule has 0 aliphatic rings. The first-order valence-electron chi connectivity index (χ1n) is 8.21. The Balaban J connectivity index is 2.43. The fraction of sp³-hybridized carbons (Fsp3) is 0.250. The number of hydrogen-bond acceptors (Lipinski definition) is 7. The fourth-order valence-electron chi connectivity index (χ4n) is 2.69. The molecule has 2 aromatic carbocycles.